The minimum atomic E-state index is -1.11. The average molecular weight is 425 g/mol. The Labute approximate surface area is 179 Å². The SMILES string of the molecule is CCOC(=O)[C@H]1C(=O)N(CCCOC)c2nc3ccccc3n2[C@@H]1c1ccc(F)cc1. The molecule has 0 aliphatic carbocycles. The maximum Gasteiger partial charge on any atom is 0.321 e. The number of halogens is 1. The third kappa shape index (κ3) is 3.79. The van der Waals surface area contributed by atoms with E-state index in [1.165, 1.54) is 17.0 Å². The number of hydrogen-bond donors (Lipinski definition) is 0. The molecule has 1 aliphatic heterocycles. The highest BCUT2D eigenvalue weighted by Gasteiger charge is 2.47. The summed E-state index contributed by atoms with van der Waals surface area (Å²) < 4.78 is 25.9. The number of rotatable bonds is 7. The summed E-state index contributed by atoms with van der Waals surface area (Å²) in [4.78, 5) is 32.8. The first-order valence-corrected chi connectivity index (χ1v) is 10.3. The number of nitrogens with zero attached hydrogens (tertiary/aromatic N) is 3. The van der Waals surface area contributed by atoms with E-state index < -0.39 is 23.7 Å². The van der Waals surface area contributed by atoms with E-state index in [4.69, 9.17) is 14.5 Å². The van der Waals surface area contributed by atoms with Gasteiger partial charge in [0.05, 0.1) is 23.7 Å². The first-order valence-electron chi connectivity index (χ1n) is 10.3. The van der Waals surface area contributed by atoms with E-state index in [0.717, 1.165) is 5.52 Å². The van der Waals surface area contributed by atoms with E-state index >= 15 is 0 Å². The zero-order valence-corrected chi connectivity index (χ0v) is 17.5. The number of imidazole rings is 1. The number of hydrogen-bond acceptors (Lipinski definition) is 5. The first kappa shape index (κ1) is 21.0. The lowest BCUT2D eigenvalue weighted by atomic mass is 9.89. The molecule has 0 bridgehead atoms. The number of carbonyl (C=O) groups is 2. The fourth-order valence-electron chi connectivity index (χ4n) is 4.09. The summed E-state index contributed by atoms with van der Waals surface area (Å²) in [6, 6.07) is 12.6. The second-order valence-electron chi connectivity index (χ2n) is 7.33. The molecule has 2 aromatic carbocycles. The normalized spacial score (nSPS) is 18.3. The average Bonchev–Trinajstić information content (AvgIpc) is 3.15. The zero-order valence-electron chi connectivity index (χ0n) is 17.5. The summed E-state index contributed by atoms with van der Waals surface area (Å²) >= 11 is 0. The molecule has 0 fully saturated rings. The Kier molecular flexibility index (Phi) is 5.99. The summed E-state index contributed by atoms with van der Waals surface area (Å²) in [6.07, 6.45) is 0.586. The molecular weight excluding hydrogens is 401 g/mol. The summed E-state index contributed by atoms with van der Waals surface area (Å²) in [6.45, 7) is 2.67. The maximum atomic E-state index is 13.6. The van der Waals surface area contributed by atoms with Crippen LogP contribution in [0.15, 0.2) is 48.5 Å². The van der Waals surface area contributed by atoms with Crippen LogP contribution >= 0.6 is 0 Å². The molecule has 31 heavy (non-hydrogen) atoms. The Morgan fingerprint density at radius 3 is 2.61 bits per heavy atom. The van der Waals surface area contributed by atoms with Crippen LogP contribution in [0.2, 0.25) is 0 Å². The number of methoxy groups -OCH3 is 1. The maximum absolute atomic E-state index is 13.6. The van der Waals surface area contributed by atoms with Crippen LogP contribution in [-0.2, 0) is 19.1 Å². The molecule has 0 unspecified atom stereocenters. The van der Waals surface area contributed by atoms with Gasteiger partial charge in [-0.05, 0) is 43.2 Å². The quantitative estimate of drug-likeness (QED) is 0.330. The van der Waals surface area contributed by atoms with Crippen molar-refractivity contribution >= 4 is 28.9 Å². The van der Waals surface area contributed by atoms with E-state index in [9.17, 15) is 14.0 Å². The third-order valence-electron chi connectivity index (χ3n) is 5.43. The van der Waals surface area contributed by atoms with Gasteiger partial charge in [-0.15, -0.1) is 0 Å². The number of benzene rings is 2. The highest BCUT2D eigenvalue weighted by molar-refractivity contribution is 6.08. The van der Waals surface area contributed by atoms with Crippen molar-refractivity contribution in [3.8, 4) is 0 Å². The first-order chi connectivity index (χ1) is 15.1. The molecule has 1 amide bonds. The molecule has 0 N–H and O–H groups in total. The van der Waals surface area contributed by atoms with Crippen molar-refractivity contribution < 1.29 is 23.5 Å². The topological polar surface area (TPSA) is 73.7 Å². The van der Waals surface area contributed by atoms with Gasteiger partial charge in [-0.25, -0.2) is 9.37 Å². The van der Waals surface area contributed by atoms with Crippen LogP contribution in [0.1, 0.15) is 24.9 Å². The monoisotopic (exact) mass is 425 g/mol. The van der Waals surface area contributed by atoms with Gasteiger partial charge in [0.1, 0.15) is 5.82 Å². The highest BCUT2D eigenvalue weighted by atomic mass is 19.1. The Balaban J connectivity index is 1.93. The van der Waals surface area contributed by atoms with Gasteiger partial charge in [-0.3, -0.25) is 14.5 Å². The number of carbonyl (C=O) groups excluding carboxylic acids is 2. The van der Waals surface area contributed by atoms with Gasteiger partial charge in [0.25, 0.3) is 0 Å². The Morgan fingerprint density at radius 1 is 1.16 bits per heavy atom. The van der Waals surface area contributed by atoms with Crippen LogP contribution in [0.4, 0.5) is 10.3 Å². The molecule has 7 nitrogen and oxygen atoms in total. The number of fused-ring (bicyclic) bond motifs is 3. The Morgan fingerprint density at radius 2 is 1.90 bits per heavy atom. The van der Waals surface area contributed by atoms with Crippen LogP contribution in [0.5, 0.6) is 0 Å². The van der Waals surface area contributed by atoms with Crippen LogP contribution in [0, 0.1) is 11.7 Å². The summed E-state index contributed by atoms with van der Waals surface area (Å²) in [5.41, 5.74) is 2.12. The minimum absolute atomic E-state index is 0.153. The van der Waals surface area contributed by atoms with E-state index in [2.05, 4.69) is 0 Å². The van der Waals surface area contributed by atoms with Crippen molar-refractivity contribution in [2.45, 2.75) is 19.4 Å². The van der Waals surface area contributed by atoms with Gasteiger partial charge < -0.3 is 14.0 Å². The molecule has 1 aromatic heterocycles. The number of aromatic nitrogens is 2. The minimum Gasteiger partial charge on any atom is -0.465 e. The van der Waals surface area contributed by atoms with Crippen molar-refractivity contribution in [2.75, 3.05) is 31.8 Å². The number of amides is 1. The van der Waals surface area contributed by atoms with E-state index in [-0.39, 0.29) is 12.5 Å². The molecule has 0 saturated heterocycles. The van der Waals surface area contributed by atoms with E-state index in [1.807, 2.05) is 28.8 Å². The lowest BCUT2D eigenvalue weighted by Crippen LogP contribution is -2.50. The molecule has 1 aliphatic rings. The fraction of sp³-hybridized carbons (Fsp3) is 0.348. The van der Waals surface area contributed by atoms with Gasteiger partial charge in [-0.1, -0.05) is 24.3 Å². The fourth-order valence-corrected chi connectivity index (χ4v) is 4.09. The third-order valence-corrected chi connectivity index (χ3v) is 5.43. The molecule has 4 rings (SSSR count). The van der Waals surface area contributed by atoms with Gasteiger partial charge in [0, 0.05) is 20.3 Å². The molecule has 3 aromatic rings. The summed E-state index contributed by atoms with van der Waals surface area (Å²) in [5, 5.41) is 0. The zero-order chi connectivity index (χ0) is 22.0. The van der Waals surface area contributed by atoms with Crippen molar-refractivity contribution in [3.05, 3.63) is 59.9 Å². The van der Waals surface area contributed by atoms with E-state index in [0.29, 0.717) is 36.6 Å². The molecule has 2 atom stereocenters. The van der Waals surface area contributed by atoms with Crippen molar-refractivity contribution in [1.29, 1.82) is 0 Å². The lowest BCUT2D eigenvalue weighted by molar-refractivity contribution is -0.153. The lowest BCUT2D eigenvalue weighted by Gasteiger charge is -2.38. The van der Waals surface area contributed by atoms with E-state index in [1.54, 1.807) is 26.2 Å². The second kappa shape index (κ2) is 8.85. The largest absolute Gasteiger partial charge is 0.465 e. The standard InChI is InChI=1S/C23H24FN3O4/c1-3-31-22(29)19-20(15-9-11-16(24)12-10-15)27-18-8-5-4-7-17(18)25-23(27)26(21(19)28)13-6-14-30-2/h4-5,7-12,19-20H,3,6,13-14H2,1-2H3/t19-,20-/m1/s1. The highest BCUT2D eigenvalue weighted by Crippen LogP contribution is 2.41. The molecule has 0 radical (unpaired) electrons. The van der Waals surface area contributed by atoms with Crippen molar-refractivity contribution in [1.82, 2.24) is 9.55 Å². The van der Waals surface area contributed by atoms with Crippen LogP contribution in [0.25, 0.3) is 11.0 Å². The van der Waals surface area contributed by atoms with Gasteiger partial charge >= 0.3 is 5.97 Å². The number of esters is 1. The van der Waals surface area contributed by atoms with Gasteiger partial charge in [-0.2, -0.15) is 0 Å². The molecule has 162 valence electrons. The second-order valence-corrected chi connectivity index (χ2v) is 7.33. The Bertz CT molecular complexity index is 1100. The molecular formula is C23H24FN3O4. The van der Waals surface area contributed by atoms with Gasteiger partial charge in [0.15, 0.2) is 5.92 Å². The van der Waals surface area contributed by atoms with Crippen molar-refractivity contribution in [2.24, 2.45) is 5.92 Å². The van der Waals surface area contributed by atoms with Gasteiger partial charge in [0.2, 0.25) is 11.9 Å². The molecule has 2 heterocycles. The summed E-state index contributed by atoms with van der Waals surface area (Å²) in [5.74, 6) is -2.04. The van der Waals surface area contributed by atoms with Crippen LogP contribution in [-0.4, -0.2) is 48.3 Å². The van der Waals surface area contributed by atoms with Crippen LogP contribution in [0.3, 0.4) is 0 Å². The predicted molar refractivity (Wildman–Crippen MR) is 113 cm³/mol. The number of anilines is 1. The molecule has 8 heteroatoms. The predicted octanol–water partition coefficient (Wildman–Crippen LogP) is 3.33. The van der Waals surface area contributed by atoms with Crippen LogP contribution < -0.4 is 4.90 Å². The smallest absolute Gasteiger partial charge is 0.321 e. The summed E-state index contributed by atoms with van der Waals surface area (Å²) in [7, 11) is 1.60. The molecule has 0 spiro atoms. The Hall–Kier alpha value is -3.26. The number of para-hydroxylation sites is 2. The number of ether oxygens (including phenoxy) is 2. The molecule has 0 saturated carbocycles. The van der Waals surface area contributed by atoms with Crippen molar-refractivity contribution in [3.63, 3.8) is 0 Å².